The minimum absolute atomic E-state index is 0.301. The fourth-order valence-electron chi connectivity index (χ4n) is 2.88. The van der Waals surface area contributed by atoms with Crippen molar-refractivity contribution in [2.24, 2.45) is 0 Å². The van der Waals surface area contributed by atoms with E-state index in [4.69, 9.17) is 9.47 Å². The Bertz CT molecular complexity index is 691. The first kappa shape index (κ1) is 20.6. The van der Waals surface area contributed by atoms with Gasteiger partial charge in [0, 0.05) is 13.2 Å². The third-order valence-corrected chi connectivity index (χ3v) is 4.21. The first-order valence-corrected chi connectivity index (χ1v) is 9.30. The van der Waals surface area contributed by atoms with Gasteiger partial charge in [0.15, 0.2) is 6.10 Å². The van der Waals surface area contributed by atoms with Crippen molar-refractivity contribution in [1.82, 2.24) is 5.32 Å². The lowest BCUT2D eigenvalue weighted by Crippen LogP contribution is -2.45. The van der Waals surface area contributed by atoms with E-state index < -0.39 is 17.7 Å². The van der Waals surface area contributed by atoms with E-state index >= 15 is 0 Å². The number of hydrogen-bond donors (Lipinski definition) is 1. The number of ether oxygens (including phenoxy) is 2. The zero-order valence-electron chi connectivity index (χ0n) is 16.1. The Morgan fingerprint density at radius 2 is 1.48 bits per heavy atom. The number of hydrogen-bond acceptors (Lipinski definition) is 4. The summed E-state index contributed by atoms with van der Waals surface area (Å²) in [5.74, 6) is -0.933. The van der Waals surface area contributed by atoms with E-state index in [1.165, 1.54) is 0 Å². The van der Waals surface area contributed by atoms with Crippen LogP contribution in [0.5, 0.6) is 0 Å². The zero-order valence-corrected chi connectivity index (χ0v) is 16.1. The summed E-state index contributed by atoms with van der Waals surface area (Å²) in [4.78, 5) is 25.5. The lowest BCUT2D eigenvalue weighted by molar-refractivity contribution is -0.175. The van der Waals surface area contributed by atoms with Crippen LogP contribution in [-0.2, 0) is 24.7 Å². The molecule has 0 bridgehead atoms. The third kappa shape index (κ3) is 4.74. The van der Waals surface area contributed by atoms with E-state index in [9.17, 15) is 9.59 Å². The van der Waals surface area contributed by atoms with Crippen molar-refractivity contribution in [1.29, 1.82) is 0 Å². The molecule has 1 N–H and O–H groups in total. The molecule has 0 aliphatic carbocycles. The number of amides is 1. The van der Waals surface area contributed by atoms with E-state index in [0.717, 1.165) is 6.42 Å². The summed E-state index contributed by atoms with van der Waals surface area (Å²) < 4.78 is 11.6. The van der Waals surface area contributed by atoms with Crippen LogP contribution < -0.4 is 5.32 Å². The summed E-state index contributed by atoms with van der Waals surface area (Å²) in [5, 5.41) is 2.74. The largest absolute Gasteiger partial charge is 0.450 e. The molecule has 0 heterocycles. The Morgan fingerprint density at radius 3 is 1.93 bits per heavy atom. The molecule has 27 heavy (non-hydrogen) atoms. The predicted octanol–water partition coefficient (Wildman–Crippen LogP) is 3.42. The maximum atomic E-state index is 13.3. The van der Waals surface area contributed by atoms with Gasteiger partial charge < -0.3 is 14.8 Å². The minimum atomic E-state index is -1.43. The number of carbonyl (C=O) groups is 2. The highest BCUT2D eigenvalue weighted by Crippen LogP contribution is 2.35. The van der Waals surface area contributed by atoms with Gasteiger partial charge >= 0.3 is 5.97 Å². The van der Waals surface area contributed by atoms with Gasteiger partial charge in [-0.15, -0.1) is 0 Å². The van der Waals surface area contributed by atoms with Crippen LogP contribution in [0.1, 0.15) is 38.3 Å². The van der Waals surface area contributed by atoms with E-state index in [1.807, 2.05) is 74.5 Å². The standard InChI is InChI=1S/C22H27NO4/c1-4-16-23-20(24)17(3)27-21(25)22(26-5-2,18-12-8-6-9-13-18)19-14-10-7-11-15-19/h6-15,17H,4-5,16H2,1-3H3,(H,23,24)/t17-/m1/s1. The van der Waals surface area contributed by atoms with Crippen molar-refractivity contribution in [2.75, 3.05) is 13.2 Å². The first-order chi connectivity index (χ1) is 13.1. The van der Waals surface area contributed by atoms with Gasteiger partial charge in [0.05, 0.1) is 0 Å². The molecule has 0 aliphatic rings. The molecule has 0 unspecified atom stereocenters. The second-order valence-corrected chi connectivity index (χ2v) is 6.18. The summed E-state index contributed by atoms with van der Waals surface area (Å²) in [6.45, 7) is 6.19. The van der Waals surface area contributed by atoms with E-state index in [-0.39, 0.29) is 5.91 Å². The Balaban J connectivity index is 2.43. The fraction of sp³-hybridized carbons (Fsp3) is 0.364. The van der Waals surface area contributed by atoms with Crippen molar-refractivity contribution < 1.29 is 19.1 Å². The smallest absolute Gasteiger partial charge is 0.348 e. The van der Waals surface area contributed by atoms with Crippen LogP contribution in [0, 0.1) is 0 Å². The highest BCUT2D eigenvalue weighted by atomic mass is 16.6. The first-order valence-electron chi connectivity index (χ1n) is 9.30. The predicted molar refractivity (Wildman–Crippen MR) is 104 cm³/mol. The molecule has 0 spiro atoms. The molecule has 0 aromatic heterocycles. The lowest BCUT2D eigenvalue weighted by atomic mass is 9.86. The average Bonchev–Trinajstić information content (AvgIpc) is 2.71. The van der Waals surface area contributed by atoms with Crippen molar-refractivity contribution >= 4 is 11.9 Å². The van der Waals surface area contributed by atoms with E-state index in [1.54, 1.807) is 6.92 Å². The summed E-state index contributed by atoms with van der Waals surface area (Å²) in [6, 6.07) is 18.4. The minimum Gasteiger partial charge on any atom is -0.450 e. The Hall–Kier alpha value is -2.66. The van der Waals surface area contributed by atoms with Gasteiger partial charge in [0.25, 0.3) is 5.91 Å². The van der Waals surface area contributed by atoms with Crippen molar-refractivity contribution in [3.63, 3.8) is 0 Å². The van der Waals surface area contributed by atoms with Gasteiger partial charge in [-0.1, -0.05) is 67.6 Å². The SMILES string of the molecule is CCCNC(=O)[C@@H](C)OC(=O)C(OCC)(c1ccccc1)c1ccccc1. The molecule has 0 saturated heterocycles. The second kappa shape index (κ2) is 9.88. The molecule has 0 saturated carbocycles. The van der Waals surface area contributed by atoms with Gasteiger partial charge in [-0.25, -0.2) is 4.79 Å². The molecular weight excluding hydrogens is 342 g/mol. The Kier molecular flexibility index (Phi) is 7.55. The van der Waals surface area contributed by atoms with Crippen LogP contribution in [-0.4, -0.2) is 31.1 Å². The second-order valence-electron chi connectivity index (χ2n) is 6.18. The summed E-state index contributed by atoms with van der Waals surface area (Å²) in [6.07, 6.45) is -0.111. The summed E-state index contributed by atoms with van der Waals surface area (Å²) in [5.41, 5.74) is -0.121. The molecule has 1 amide bonds. The fourth-order valence-corrected chi connectivity index (χ4v) is 2.88. The van der Waals surface area contributed by atoms with Crippen LogP contribution in [0.2, 0.25) is 0 Å². The van der Waals surface area contributed by atoms with Gasteiger partial charge in [0.1, 0.15) is 0 Å². The van der Waals surface area contributed by atoms with Crippen LogP contribution in [0.15, 0.2) is 60.7 Å². The molecule has 2 rings (SSSR count). The molecule has 5 heteroatoms. The van der Waals surface area contributed by atoms with Crippen molar-refractivity contribution in [3.8, 4) is 0 Å². The molecule has 5 nitrogen and oxygen atoms in total. The highest BCUT2D eigenvalue weighted by molar-refractivity contribution is 5.89. The maximum Gasteiger partial charge on any atom is 0.348 e. The van der Waals surface area contributed by atoms with Crippen LogP contribution in [0.4, 0.5) is 0 Å². The summed E-state index contributed by atoms with van der Waals surface area (Å²) >= 11 is 0. The molecular formula is C22H27NO4. The lowest BCUT2D eigenvalue weighted by Gasteiger charge is -2.33. The average molecular weight is 369 g/mol. The Morgan fingerprint density at radius 1 is 0.963 bits per heavy atom. The molecule has 1 atom stereocenters. The number of esters is 1. The number of rotatable bonds is 9. The van der Waals surface area contributed by atoms with Crippen molar-refractivity contribution in [2.45, 2.75) is 38.9 Å². The van der Waals surface area contributed by atoms with Crippen LogP contribution in [0.3, 0.4) is 0 Å². The van der Waals surface area contributed by atoms with E-state index in [0.29, 0.717) is 24.3 Å². The van der Waals surface area contributed by atoms with Gasteiger partial charge in [0.2, 0.25) is 5.60 Å². The zero-order chi connectivity index (χ0) is 19.7. The highest BCUT2D eigenvalue weighted by Gasteiger charge is 2.45. The topological polar surface area (TPSA) is 64.6 Å². The number of benzene rings is 2. The monoisotopic (exact) mass is 369 g/mol. The Labute approximate surface area is 160 Å². The molecule has 144 valence electrons. The molecule has 2 aromatic rings. The van der Waals surface area contributed by atoms with Gasteiger partial charge in [-0.05, 0) is 31.4 Å². The summed E-state index contributed by atoms with van der Waals surface area (Å²) in [7, 11) is 0. The van der Waals surface area contributed by atoms with Gasteiger partial charge in [-0.3, -0.25) is 4.79 Å². The number of carbonyl (C=O) groups excluding carboxylic acids is 2. The van der Waals surface area contributed by atoms with Crippen LogP contribution >= 0.6 is 0 Å². The molecule has 2 aromatic carbocycles. The van der Waals surface area contributed by atoms with Gasteiger partial charge in [-0.2, -0.15) is 0 Å². The number of nitrogens with one attached hydrogen (secondary N) is 1. The van der Waals surface area contributed by atoms with Crippen LogP contribution in [0.25, 0.3) is 0 Å². The quantitative estimate of drug-likeness (QED) is 0.688. The normalized spacial score (nSPS) is 12.3. The molecule has 0 radical (unpaired) electrons. The molecule has 0 fully saturated rings. The maximum absolute atomic E-state index is 13.3. The molecule has 0 aliphatic heterocycles. The van der Waals surface area contributed by atoms with E-state index in [2.05, 4.69) is 5.32 Å². The third-order valence-electron chi connectivity index (χ3n) is 4.21. The van der Waals surface area contributed by atoms with Crippen molar-refractivity contribution in [3.05, 3.63) is 71.8 Å².